The van der Waals surface area contributed by atoms with Gasteiger partial charge in [-0.2, -0.15) is 0 Å². The van der Waals surface area contributed by atoms with E-state index in [1.54, 1.807) is 0 Å². The second kappa shape index (κ2) is 4.02. The lowest BCUT2D eigenvalue weighted by Crippen LogP contribution is -2.11. The molecule has 0 bridgehead atoms. The van der Waals surface area contributed by atoms with Crippen molar-refractivity contribution in [3.05, 3.63) is 30.3 Å². The second-order valence-corrected chi connectivity index (χ2v) is 4.88. The molecule has 2 heteroatoms. The minimum Gasteiger partial charge on any atom is -0.316 e. The molecule has 1 aliphatic heterocycles. The molecule has 1 aliphatic rings. The van der Waals surface area contributed by atoms with Crippen LogP contribution in [0.2, 0.25) is 0 Å². The summed E-state index contributed by atoms with van der Waals surface area (Å²) < 4.78 is 0. The van der Waals surface area contributed by atoms with E-state index in [4.69, 9.17) is 0 Å². The average Bonchev–Trinajstić information content (AvgIpc) is 2.59. The number of nitrogens with one attached hydrogen (secondary N) is 1. The van der Waals surface area contributed by atoms with E-state index in [1.165, 1.54) is 24.8 Å². The highest BCUT2D eigenvalue weighted by Gasteiger charge is 2.13. The number of benzene rings is 1. The van der Waals surface area contributed by atoms with Gasteiger partial charge in [-0.15, -0.1) is 0 Å². The fourth-order valence-electron chi connectivity index (χ4n) is 1.55. The zero-order valence-corrected chi connectivity index (χ0v) is 8.09. The lowest BCUT2D eigenvalue weighted by atomic mass is 10.4. The summed E-state index contributed by atoms with van der Waals surface area (Å²) in [5, 5.41) is 4.91. The van der Waals surface area contributed by atoms with Gasteiger partial charge in [-0.05, 0) is 23.9 Å². The monoisotopic (exact) mass is 179 g/mol. The van der Waals surface area contributed by atoms with E-state index in [9.17, 15) is 0 Å². The maximum absolute atomic E-state index is 3.40. The van der Waals surface area contributed by atoms with Crippen molar-refractivity contribution in [2.45, 2.75) is 12.1 Å². The summed E-state index contributed by atoms with van der Waals surface area (Å²) >= 11 is 0. The Bertz CT molecular complexity index is 229. The summed E-state index contributed by atoms with van der Waals surface area (Å²) in [5.41, 5.74) is 0.896. The first-order valence-corrected chi connectivity index (χ1v) is 5.55. The maximum Gasteiger partial charge on any atom is 0.00200 e. The molecule has 0 spiro atoms. The largest absolute Gasteiger partial charge is 0.316 e. The molecule has 1 saturated heterocycles. The molecule has 1 fully saturated rings. The van der Waals surface area contributed by atoms with Crippen LogP contribution in [0.4, 0.5) is 0 Å². The van der Waals surface area contributed by atoms with Crippen LogP contribution in [0.5, 0.6) is 0 Å². The molecule has 2 unspecified atom stereocenters. The molecule has 0 aromatic heterocycles. The van der Waals surface area contributed by atoms with Crippen LogP contribution in [0.3, 0.4) is 0 Å². The first-order chi connectivity index (χ1) is 5.95. The third kappa shape index (κ3) is 2.06. The predicted octanol–water partition coefficient (Wildman–Crippen LogP) is 1.35. The van der Waals surface area contributed by atoms with Gasteiger partial charge in [0.2, 0.25) is 0 Å². The van der Waals surface area contributed by atoms with E-state index in [-0.39, 0.29) is 0 Å². The molecule has 1 N–H and O–H groups in total. The second-order valence-electron chi connectivity index (χ2n) is 3.20. The molecule has 1 aromatic rings. The molecule has 0 radical (unpaired) electrons. The van der Waals surface area contributed by atoms with E-state index in [0.717, 1.165) is 14.2 Å². The first-order valence-electron chi connectivity index (χ1n) is 4.47. The van der Waals surface area contributed by atoms with Gasteiger partial charge in [-0.25, -0.2) is 0 Å². The summed E-state index contributed by atoms with van der Waals surface area (Å²) in [4.78, 5) is 0. The summed E-state index contributed by atoms with van der Waals surface area (Å²) in [6.45, 7) is 2.43. The Morgan fingerprint density at radius 2 is 2.08 bits per heavy atom. The van der Waals surface area contributed by atoms with Gasteiger partial charge in [0.25, 0.3) is 0 Å². The predicted molar refractivity (Wildman–Crippen MR) is 55.7 cm³/mol. The van der Waals surface area contributed by atoms with Crippen LogP contribution in [0.15, 0.2) is 30.3 Å². The van der Waals surface area contributed by atoms with Gasteiger partial charge in [-0.1, -0.05) is 38.9 Å². The Morgan fingerprint density at radius 1 is 1.25 bits per heavy atom. The highest BCUT2D eigenvalue weighted by Crippen LogP contribution is 2.22. The van der Waals surface area contributed by atoms with Crippen molar-refractivity contribution in [3.63, 3.8) is 0 Å². The van der Waals surface area contributed by atoms with Gasteiger partial charge in [0.1, 0.15) is 0 Å². The Balaban J connectivity index is 1.94. The van der Waals surface area contributed by atoms with Gasteiger partial charge >= 0.3 is 0 Å². The van der Waals surface area contributed by atoms with E-state index in [0.29, 0.717) is 0 Å². The molecule has 1 aromatic carbocycles. The van der Waals surface area contributed by atoms with Crippen LogP contribution in [-0.4, -0.2) is 18.7 Å². The summed E-state index contributed by atoms with van der Waals surface area (Å²) in [6, 6.07) is 10.8. The van der Waals surface area contributed by atoms with Gasteiger partial charge in [0, 0.05) is 6.54 Å². The van der Waals surface area contributed by atoms with E-state index in [1.807, 2.05) is 0 Å². The third-order valence-electron chi connectivity index (χ3n) is 2.20. The van der Waals surface area contributed by atoms with Crippen molar-refractivity contribution in [1.29, 1.82) is 0 Å². The molecular formula is C10H14NP. The van der Waals surface area contributed by atoms with Crippen molar-refractivity contribution in [2.24, 2.45) is 0 Å². The Morgan fingerprint density at radius 3 is 2.75 bits per heavy atom. The average molecular weight is 179 g/mol. The fraction of sp³-hybridized carbons (Fsp3) is 0.400. The Kier molecular flexibility index (Phi) is 2.75. The fourth-order valence-corrected chi connectivity index (χ4v) is 2.94. The van der Waals surface area contributed by atoms with Gasteiger partial charge < -0.3 is 5.32 Å². The van der Waals surface area contributed by atoms with E-state index < -0.39 is 0 Å². The molecule has 2 rings (SSSR count). The van der Waals surface area contributed by atoms with Crippen molar-refractivity contribution in [3.8, 4) is 0 Å². The van der Waals surface area contributed by atoms with Crippen molar-refractivity contribution in [1.82, 2.24) is 5.32 Å². The Labute approximate surface area is 75.3 Å². The minimum atomic E-state index is 0.896. The normalized spacial score (nSPS) is 23.8. The highest BCUT2D eigenvalue weighted by atomic mass is 31.1. The van der Waals surface area contributed by atoms with E-state index >= 15 is 0 Å². The molecule has 64 valence electrons. The highest BCUT2D eigenvalue weighted by molar-refractivity contribution is 7.48. The molecular weight excluding hydrogens is 165 g/mol. The third-order valence-corrected chi connectivity index (χ3v) is 3.77. The molecule has 0 saturated carbocycles. The van der Waals surface area contributed by atoms with Crippen LogP contribution >= 0.6 is 8.58 Å². The standard InChI is InChI=1S/C10H14NP/c1-2-4-9(5-3-1)12-10-6-7-11-8-10/h1-5,10-12H,6-8H2. The summed E-state index contributed by atoms with van der Waals surface area (Å²) in [5.74, 6) is 0. The Hall–Kier alpha value is -0.390. The molecule has 1 nitrogen and oxygen atoms in total. The quantitative estimate of drug-likeness (QED) is 0.676. The molecule has 1 heterocycles. The summed E-state index contributed by atoms with van der Waals surface area (Å²) in [6.07, 6.45) is 1.35. The maximum atomic E-state index is 3.40. The van der Waals surface area contributed by atoms with Gasteiger partial charge in [0.05, 0.1) is 0 Å². The van der Waals surface area contributed by atoms with Crippen LogP contribution < -0.4 is 10.6 Å². The van der Waals surface area contributed by atoms with Crippen LogP contribution in [0, 0.1) is 0 Å². The lowest BCUT2D eigenvalue weighted by Gasteiger charge is -2.07. The zero-order chi connectivity index (χ0) is 8.23. The van der Waals surface area contributed by atoms with Crippen LogP contribution in [0.1, 0.15) is 6.42 Å². The smallest absolute Gasteiger partial charge is 0.00200 e. The van der Waals surface area contributed by atoms with Crippen molar-refractivity contribution >= 4 is 13.9 Å². The topological polar surface area (TPSA) is 12.0 Å². The van der Waals surface area contributed by atoms with Crippen molar-refractivity contribution < 1.29 is 0 Å². The summed E-state index contributed by atoms with van der Waals surface area (Å²) in [7, 11) is 0.996. The lowest BCUT2D eigenvalue weighted by molar-refractivity contribution is 0.858. The molecule has 0 aliphatic carbocycles. The van der Waals surface area contributed by atoms with Crippen LogP contribution in [0.25, 0.3) is 0 Å². The molecule has 2 atom stereocenters. The number of hydrogen-bond donors (Lipinski definition) is 1. The molecule has 12 heavy (non-hydrogen) atoms. The number of hydrogen-bond acceptors (Lipinski definition) is 1. The SMILES string of the molecule is c1ccc(PC2CCNC2)cc1. The first kappa shape index (κ1) is 8.22. The van der Waals surface area contributed by atoms with Gasteiger partial charge in [-0.3, -0.25) is 0 Å². The minimum absolute atomic E-state index is 0.896. The van der Waals surface area contributed by atoms with E-state index in [2.05, 4.69) is 35.6 Å². The van der Waals surface area contributed by atoms with Crippen molar-refractivity contribution in [2.75, 3.05) is 13.1 Å². The number of rotatable bonds is 2. The zero-order valence-electron chi connectivity index (χ0n) is 7.09. The van der Waals surface area contributed by atoms with Crippen LogP contribution in [-0.2, 0) is 0 Å². The van der Waals surface area contributed by atoms with Gasteiger partial charge in [0.15, 0.2) is 0 Å². The molecule has 0 amide bonds.